The lowest BCUT2D eigenvalue weighted by Crippen LogP contribution is -2.16. The fourth-order valence-corrected chi connectivity index (χ4v) is 6.63. The Balaban J connectivity index is 1.36. The number of hydrogen-bond acceptors (Lipinski definition) is 2. The maximum absolute atomic E-state index is 5.10. The zero-order chi connectivity index (χ0) is 26.8. The molecular formula is C38H28N2. The summed E-state index contributed by atoms with van der Waals surface area (Å²) < 4.78 is 0. The Labute approximate surface area is 234 Å². The van der Waals surface area contributed by atoms with Gasteiger partial charge in [-0.05, 0) is 63.5 Å². The molecule has 0 unspecified atom stereocenters. The molecule has 6 aromatic rings. The molecule has 0 spiro atoms. The van der Waals surface area contributed by atoms with Crippen molar-refractivity contribution in [1.29, 1.82) is 0 Å². The van der Waals surface area contributed by atoms with Crippen LogP contribution in [0, 0.1) is 0 Å². The summed E-state index contributed by atoms with van der Waals surface area (Å²) in [6.45, 7) is 4.71. The molecule has 190 valence electrons. The topological polar surface area (TPSA) is 16.1 Å². The zero-order valence-electron chi connectivity index (χ0n) is 22.6. The highest BCUT2D eigenvalue weighted by atomic mass is 15.1. The van der Waals surface area contributed by atoms with Crippen molar-refractivity contribution in [3.8, 4) is 33.6 Å². The minimum Gasteiger partial charge on any atom is -0.316 e. The van der Waals surface area contributed by atoms with Gasteiger partial charge in [-0.1, -0.05) is 111 Å². The first kappa shape index (κ1) is 23.0. The highest BCUT2D eigenvalue weighted by Gasteiger charge is 2.38. The first-order valence-corrected chi connectivity index (χ1v) is 13.9. The molecule has 0 atom stereocenters. The van der Waals surface area contributed by atoms with E-state index < -0.39 is 0 Å². The maximum atomic E-state index is 5.10. The fraction of sp³-hybridized carbons (Fsp3) is 0.0789. The first-order chi connectivity index (χ1) is 19.6. The average Bonchev–Trinajstić information content (AvgIpc) is 3.24. The molecular weight excluding hydrogens is 484 g/mol. The Morgan fingerprint density at radius 1 is 0.625 bits per heavy atom. The van der Waals surface area contributed by atoms with Crippen LogP contribution >= 0.6 is 0 Å². The van der Waals surface area contributed by atoms with Crippen LogP contribution in [0.4, 0.5) is 11.4 Å². The number of rotatable bonds is 3. The number of benzene rings is 5. The van der Waals surface area contributed by atoms with E-state index in [9.17, 15) is 0 Å². The van der Waals surface area contributed by atoms with Gasteiger partial charge in [-0.25, -0.2) is 4.98 Å². The minimum absolute atomic E-state index is 0.0299. The molecule has 2 aliphatic rings. The van der Waals surface area contributed by atoms with Gasteiger partial charge in [0.1, 0.15) is 0 Å². The van der Waals surface area contributed by atoms with E-state index in [-0.39, 0.29) is 5.41 Å². The van der Waals surface area contributed by atoms with Gasteiger partial charge in [0.25, 0.3) is 0 Å². The van der Waals surface area contributed by atoms with E-state index in [0.29, 0.717) is 0 Å². The van der Waals surface area contributed by atoms with Gasteiger partial charge < -0.3 is 4.90 Å². The molecule has 1 aliphatic heterocycles. The van der Waals surface area contributed by atoms with Gasteiger partial charge in [-0.3, -0.25) is 0 Å². The molecule has 40 heavy (non-hydrogen) atoms. The Morgan fingerprint density at radius 2 is 1.27 bits per heavy atom. The molecule has 0 saturated heterocycles. The second kappa shape index (κ2) is 8.53. The smallest absolute Gasteiger partial charge is 0.0730 e. The summed E-state index contributed by atoms with van der Waals surface area (Å²) in [6.07, 6.45) is 4.56. The van der Waals surface area contributed by atoms with Crippen LogP contribution in [0.2, 0.25) is 0 Å². The second-order valence-corrected chi connectivity index (χ2v) is 11.3. The highest BCUT2D eigenvalue weighted by molar-refractivity contribution is 6.10. The van der Waals surface area contributed by atoms with Crippen LogP contribution in [0.25, 0.3) is 50.5 Å². The van der Waals surface area contributed by atoms with Crippen molar-refractivity contribution in [2.75, 3.05) is 4.90 Å². The number of nitrogens with zero attached hydrogens (tertiary/aromatic N) is 2. The summed E-state index contributed by atoms with van der Waals surface area (Å²) >= 11 is 0. The van der Waals surface area contributed by atoms with Crippen molar-refractivity contribution in [2.24, 2.45) is 0 Å². The Hall–Kier alpha value is -4.95. The van der Waals surface area contributed by atoms with Crippen LogP contribution in [0.1, 0.15) is 30.5 Å². The normalized spacial score (nSPS) is 14.3. The van der Waals surface area contributed by atoms with Gasteiger partial charge >= 0.3 is 0 Å². The average molecular weight is 513 g/mol. The predicted octanol–water partition coefficient (Wildman–Crippen LogP) is 10.00. The zero-order valence-corrected chi connectivity index (χ0v) is 22.6. The number of hydrogen-bond donors (Lipinski definition) is 0. The maximum Gasteiger partial charge on any atom is 0.0730 e. The summed E-state index contributed by atoms with van der Waals surface area (Å²) in [6, 6.07) is 43.4. The van der Waals surface area contributed by atoms with Gasteiger partial charge in [0.05, 0.1) is 17.1 Å². The van der Waals surface area contributed by atoms with Gasteiger partial charge in [0.15, 0.2) is 0 Å². The van der Waals surface area contributed by atoms with E-state index in [0.717, 1.165) is 28.2 Å². The quantitative estimate of drug-likeness (QED) is 0.234. The van der Waals surface area contributed by atoms with Crippen molar-refractivity contribution in [3.05, 3.63) is 144 Å². The molecule has 2 nitrogen and oxygen atoms in total. The lowest BCUT2D eigenvalue weighted by molar-refractivity contribution is 0.661. The molecule has 5 aromatic carbocycles. The summed E-state index contributed by atoms with van der Waals surface area (Å²) in [7, 11) is 0. The molecule has 8 rings (SSSR count). The van der Waals surface area contributed by atoms with Crippen LogP contribution in [0.15, 0.2) is 128 Å². The number of aromatic nitrogens is 1. The van der Waals surface area contributed by atoms with E-state index in [2.05, 4.69) is 140 Å². The van der Waals surface area contributed by atoms with E-state index in [1.54, 1.807) is 0 Å². The number of fused-ring (bicyclic) bond motifs is 4. The fourth-order valence-electron chi connectivity index (χ4n) is 6.63. The van der Waals surface area contributed by atoms with E-state index in [1.807, 2.05) is 12.1 Å². The van der Waals surface area contributed by atoms with E-state index in [1.165, 1.54) is 44.3 Å². The van der Waals surface area contributed by atoms with Gasteiger partial charge in [0.2, 0.25) is 0 Å². The highest BCUT2D eigenvalue weighted by Crippen LogP contribution is 2.54. The van der Waals surface area contributed by atoms with Crippen molar-refractivity contribution >= 4 is 28.2 Å². The number of pyridine rings is 1. The molecule has 0 amide bonds. The molecule has 0 N–H and O–H groups in total. The summed E-state index contributed by atoms with van der Waals surface area (Å²) in [5, 5.41) is 2.58. The van der Waals surface area contributed by atoms with Crippen LogP contribution in [-0.4, -0.2) is 4.98 Å². The van der Waals surface area contributed by atoms with Crippen LogP contribution in [-0.2, 0) is 5.41 Å². The Kier molecular flexibility index (Phi) is 4.90. The molecule has 0 fully saturated rings. The number of anilines is 2. The molecule has 0 saturated carbocycles. The van der Waals surface area contributed by atoms with Crippen LogP contribution in [0.3, 0.4) is 0 Å². The van der Waals surface area contributed by atoms with Crippen molar-refractivity contribution < 1.29 is 0 Å². The third-order valence-electron chi connectivity index (χ3n) is 8.60. The SMILES string of the molecule is CC1(C)c2ccccc2-c2c1cc1cccc3c1c2C=CN3c1cc(-c2ccccc2)nc(-c2ccccc2)c1. The van der Waals surface area contributed by atoms with Crippen molar-refractivity contribution in [1.82, 2.24) is 4.98 Å². The molecule has 0 bridgehead atoms. The molecule has 1 aliphatic carbocycles. The minimum atomic E-state index is -0.0299. The summed E-state index contributed by atoms with van der Waals surface area (Å²) in [5.74, 6) is 0. The third-order valence-corrected chi connectivity index (χ3v) is 8.60. The lowest BCUT2D eigenvalue weighted by Gasteiger charge is -2.29. The Morgan fingerprint density at radius 3 is 1.98 bits per heavy atom. The van der Waals surface area contributed by atoms with Crippen molar-refractivity contribution in [3.63, 3.8) is 0 Å². The lowest BCUT2D eigenvalue weighted by atomic mass is 9.81. The summed E-state index contributed by atoms with van der Waals surface area (Å²) in [4.78, 5) is 7.43. The molecule has 0 radical (unpaired) electrons. The predicted molar refractivity (Wildman–Crippen MR) is 168 cm³/mol. The standard InChI is InChI=1S/C38H28N2/c1-38(2)31-18-10-9-17-29(31)37-30-20-21-40(35-19-11-16-27(36(30)35)22-32(37)38)28-23-33(25-12-5-3-6-13-25)39-34(24-28)26-14-7-4-8-15-26/h3-24H,1-2H3. The van der Waals surface area contributed by atoms with Crippen LogP contribution < -0.4 is 4.90 Å². The third kappa shape index (κ3) is 3.32. The molecule has 2 heterocycles. The van der Waals surface area contributed by atoms with E-state index in [4.69, 9.17) is 4.98 Å². The van der Waals surface area contributed by atoms with Gasteiger partial charge in [-0.2, -0.15) is 0 Å². The molecule has 1 aromatic heterocycles. The monoisotopic (exact) mass is 512 g/mol. The van der Waals surface area contributed by atoms with Crippen LogP contribution in [0.5, 0.6) is 0 Å². The first-order valence-electron chi connectivity index (χ1n) is 13.9. The van der Waals surface area contributed by atoms with E-state index >= 15 is 0 Å². The molecule has 2 heteroatoms. The van der Waals surface area contributed by atoms with Gasteiger partial charge in [0, 0.05) is 33.8 Å². The van der Waals surface area contributed by atoms with Gasteiger partial charge in [-0.15, -0.1) is 0 Å². The second-order valence-electron chi connectivity index (χ2n) is 11.3. The summed E-state index contributed by atoms with van der Waals surface area (Å²) in [5.41, 5.74) is 13.3. The largest absolute Gasteiger partial charge is 0.316 e. The Bertz CT molecular complexity index is 1910. The van der Waals surface area contributed by atoms with Crippen molar-refractivity contribution in [2.45, 2.75) is 19.3 Å².